The van der Waals surface area contributed by atoms with Crippen molar-refractivity contribution in [3.63, 3.8) is 0 Å². The number of aliphatic carboxylic acids is 1. The van der Waals surface area contributed by atoms with E-state index in [-0.39, 0.29) is 12.2 Å². The Morgan fingerprint density at radius 2 is 1.76 bits per heavy atom. The molecule has 186 valence electrons. The second-order valence-corrected chi connectivity index (χ2v) is 7.91. The van der Waals surface area contributed by atoms with Crippen LogP contribution in [0.4, 0.5) is 0 Å². The molecular weight excluding hydrogens is 454 g/mol. The van der Waals surface area contributed by atoms with E-state index in [1.54, 1.807) is 0 Å². The van der Waals surface area contributed by atoms with E-state index in [0.717, 1.165) is 0 Å². The highest BCUT2D eigenvalue weighted by Gasteiger charge is 2.31. The number of carboxylic acid groups (broad SMARTS) is 1. The number of aliphatic hydroxyl groups excluding tert-OH is 1. The number of aliphatic hydroxyl groups is 1. The summed E-state index contributed by atoms with van der Waals surface area (Å²) in [4.78, 5) is 55.8. The number of hydrogen-bond acceptors (Lipinski definition) is 9. The van der Waals surface area contributed by atoms with E-state index >= 15 is 0 Å². The van der Waals surface area contributed by atoms with E-state index in [1.807, 2.05) is 0 Å². The minimum atomic E-state index is -1.58. The van der Waals surface area contributed by atoms with Crippen LogP contribution in [0, 0.1) is 0 Å². The molecule has 5 unspecified atom stereocenters. The minimum Gasteiger partial charge on any atom is -0.480 e. The molecule has 33 heavy (non-hydrogen) atoms. The van der Waals surface area contributed by atoms with E-state index in [2.05, 4.69) is 38.5 Å². The number of nitrogens with one attached hydrogen (secondary N) is 4. The molecule has 1 rings (SSSR count). The molecule has 0 spiro atoms. The summed E-state index contributed by atoms with van der Waals surface area (Å²) in [6.45, 7) is 1.69. The van der Waals surface area contributed by atoms with Gasteiger partial charge in [0, 0.05) is 24.1 Å². The number of rotatable bonds is 15. The van der Waals surface area contributed by atoms with Crippen molar-refractivity contribution in [2.45, 2.75) is 62.9 Å². The lowest BCUT2D eigenvalue weighted by molar-refractivity contribution is -0.145. The highest BCUT2D eigenvalue weighted by Crippen LogP contribution is 2.04. The minimum absolute atomic E-state index is 0.0461. The largest absolute Gasteiger partial charge is 0.480 e. The number of unbranched alkanes of at least 4 members (excludes halogenated alkanes) is 1. The van der Waals surface area contributed by atoms with Gasteiger partial charge in [0.2, 0.25) is 17.7 Å². The van der Waals surface area contributed by atoms with E-state index in [1.165, 1.54) is 19.4 Å². The van der Waals surface area contributed by atoms with Gasteiger partial charge in [-0.25, -0.2) is 9.78 Å². The van der Waals surface area contributed by atoms with Crippen molar-refractivity contribution in [2.24, 2.45) is 11.5 Å². The number of thiol groups is 1. The Hall–Kier alpha value is -2.68. The van der Waals surface area contributed by atoms with Crippen molar-refractivity contribution < 1.29 is 29.4 Å². The van der Waals surface area contributed by atoms with Crippen LogP contribution in [0.2, 0.25) is 0 Å². The van der Waals surface area contributed by atoms with Crippen LogP contribution in [0.15, 0.2) is 12.5 Å². The fourth-order valence-electron chi connectivity index (χ4n) is 2.85. The smallest absolute Gasteiger partial charge is 0.328 e. The number of imidazole rings is 1. The van der Waals surface area contributed by atoms with Crippen LogP contribution in [-0.4, -0.2) is 86.4 Å². The van der Waals surface area contributed by atoms with Gasteiger partial charge in [-0.05, 0) is 26.3 Å². The van der Waals surface area contributed by atoms with Gasteiger partial charge in [-0.2, -0.15) is 12.6 Å². The van der Waals surface area contributed by atoms with E-state index in [4.69, 9.17) is 11.5 Å². The fraction of sp³-hybridized carbons (Fsp3) is 0.632. The topological polar surface area (TPSA) is 226 Å². The van der Waals surface area contributed by atoms with Crippen LogP contribution in [0.3, 0.4) is 0 Å². The first-order chi connectivity index (χ1) is 15.6. The standard InChI is InChI=1S/C19H33N7O6S/c1-10(27)15(19(31)32)26-17(29)13(6-11-7-22-9-23-11)24-18(30)14(8-33)25-16(28)12(21)4-2-3-5-20/h7,9-10,12-15,27,33H,2-6,8,20-21H2,1H3,(H,22,23)(H,24,30)(H,25,28)(H,26,29)(H,31,32). The number of carbonyl (C=O) groups excluding carboxylic acids is 3. The molecule has 13 nitrogen and oxygen atoms in total. The van der Waals surface area contributed by atoms with Gasteiger partial charge in [0.05, 0.1) is 18.5 Å². The number of carboxylic acids is 1. The van der Waals surface area contributed by atoms with Crippen LogP contribution in [0.5, 0.6) is 0 Å². The van der Waals surface area contributed by atoms with Gasteiger partial charge in [0.15, 0.2) is 6.04 Å². The molecule has 1 aromatic rings. The molecule has 0 aliphatic heterocycles. The highest BCUT2D eigenvalue weighted by molar-refractivity contribution is 7.80. The third-order valence-corrected chi connectivity index (χ3v) is 5.14. The van der Waals surface area contributed by atoms with Crippen LogP contribution >= 0.6 is 12.6 Å². The molecule has 10 N–H and O–H groups in total. The first-order valence-corrected chi connectivity index (χ1v) is 11.1. The van der Waals surface area contributed by atoms with Gasteiger partial charge in [0.25, 0.3) is 0 Å². The summed E-state index contributed by atoms with van der Waals surface area (Å²) < 4.78 is 0. The van der Waals surface area contributed by atoms with E-state index in [9.17, 15) is 29.4 Å². The maximum absolute atomic E-state index is 12.8. The first-order valence-electron chi connectivity index (χ1n) is 10.5. The van der Waals surface area contributed by atoms with Crippen LogP contribution in [-0.2, 0) is 25.6 Å². The Labute approximate surface area is 196 Å². The molecule has 0 aromatic carbocycles. The Kier molecular flexibility index (Phi) is 12.4. The molecule has 0 saturated carbocycles. The first kappa shape index (κ1) is 28.4. The zero-order valence-electron chi connectivity index (χ0n) is 18.4. The summed E-state index contributed by atoms with van der Waals surface area (Å²) in [5.41, 5.74) is 11.8. The summed E-state index contributed by atoms with van der Waals surface area (Å²) in [5, 5.41) is 26.0. The molecule has 0 saturated heterocycles. The molecule has 0 radical (unpaired) electrons. The van der Waals surface area contributed by atoms with Crippen molar-refractivity contribution in [1.29, 1.82) is 0 Å². The number of H-pyrrole nitrogens is 1. The molecule has 0 bridgehead atoms. The second-order valence-electron chi connectivity index (χ2n) is 7.54. The van der Waals surface area contributed by atoms with E-state index in [0.29, 0.717) is 31.5 Å². The molecule has 0 aliphatic carbocycles. The summed E-state index contributed by atoms with van der Waals surface area (Å²) in [6, 6.07) is -4.73. The van der Waals surface area contributed by atoms with Gasteiger partial charge in [-0.15, -0.1) is 0 Å². The number of hydrogen-bond donors (Lipinski definition) is 9. The summed E-state index contributed by atoms with van der Waals surface area (Å²) in [7, 11) is 0. The van der Waals surface area contributed by atoms with Gasteiger partial charge in [-0.1, -0.05) is 6.42 Å². The second kappa shape index (κ2) is 14.5. The van der Waals surface area contributed by atoms with Crippen LogP contribution in [0.1, 0.15) is 31.9 Å². The molecule has 1 heterocycles. The van der Waals surface area contributed by atoms with Crippen molar-refractivity contribution in [3.8, 4) is 0 Å². The Balaban J connectivity index is 2.88. The third kappa shape index (κ3) is 9.77. The Morgan fingerprint density at radius 3 is 2.27 bits per heavy atom. The summed E-state index contributed by atoms with van der Waals surface area (Å²) >= 11 is 4.10. The number of nitrogens with zero attached hydrogens (tertiary/aromatic N) is 1. The quantitative estimate of drug-likeness (QED) is 0.0922. The maximum atomic E-state index is 12.8. The predicted molar refractivity (Wildman–Crippen MR) is 122 cm³/mol. The average molecular weight is 488 g/mol. The molecule has 3 amide bonds. The molecule has 14 heteroatoms. The zero-order chi connectivity index (χ0) is 25.0. The van der Waals surface area contributed by atoms with Gasteiger partial charge >= 0.3 is 5.97 Å². The zero-order valence-corrected chi connectivity index (χ0v) is 19.3. The fourth-order valence-corrected chi connectivity index (χ4v) is 3.11. The summed E-state index contributed by atoms with van der Waals surface area (Å²) in [6.07, 6.45) is 3.16. The number of nitrogens with two attached hydrogens (primary N) is 2. The lowest BCUT2D eigenvalue weighted by atomic mass is 10.1. The predicted octanol–water partition coefficient (Wildman–Crippen LogP) is -2.74. The van der Waals surface area contributed by atoms with Crippen molar-refractivity contribution >= 4 is 36.3 Å². The molecular formula is C19H33N7O6S. The normalized spacial score (nSPS) is 15.5. The monoisotopic (exact) mass is 487 g/mol. The highest BCUT2D eigenvalue weighted by atomic mass is 32.1. The SMILES string of the molecule is CC(O)C(NC(=O)C(Cc1cnc[nH]1)NC(=O)C(CS)NC(=O)C(N)CCCCN)C(=O)O. The van der Waals surface area contributed by atoms with Crippen molar-refractivity contribution in [3.05, 3.63) is 18.2 Å². The number of amides is 3. The number of aromatic amines is 1. The lowest BCUT2D eigenvalue weighted by Crippen LogP contribution is -2.59. The van der Waals surface area contributed by atoms with E-state index < -0.39 is 54.0 Å². The van der Waals surface area contributed by atoms with Crippen LogP contribution in [0.25, 0.3) is 0 Å². The maximum Gasteiger partial charge on any atom is 0.328 e. The Morgan fingerprint density at radius 1 is 1.12 bits per heavy atom. The third-order valence-electron chi connectivity index (χ3n) is 4.78. The van der Waals surface area contributed by atoms with Gasteiger partial charge in [-0.3, -0.25) is 14.4 Å². The van der Waals surface area contributed by atoms with Gasteiger partial charge < -0.3 is 42.6 Å². The van der Waals surface area contributed by atoms with Crippen LogP contribution < -0.4 is 27.4 Å². The lowest BCUT2D eigenvalue weighted by Gasteiger charge is -2.25. The number of carbonyl (C=O) groups is 4. The van der Waals surface area contributed by atoms with Gasteiger partial charge in [0.1, 0.15) is 12.1 Å². The molecule has 0 fully saturated rings. The molecule has 1 aromatic heterocycles. The summed E-state index contributed by atoms with van der Waals surface area (Å²) in [5.74, 6) is -3.60. The Bertz CT molecular complexity index is 777. The van der Waals surface area contributed by atoms with Crippen molar-refractivity contribution in [2.75, 3.05) is 12.3 Å². The average Bonchev–Trinajstić information content (AvgIpc) is 3.27. The molecule has 0 aliphatic rings. The number of aromatic nitrogens is 2. The van der Waals surface area contributed by atoms with Crippen molar-refractivity contribution in [1.82, 2.24) is 25.9 Å². The molecule has 5 atom stereocenters.